The molecule has 16 nitrogen and oxygen atoms in total. The van der Waals surface area contributed by atoms with E-state index >= 15 is 0 Å². The van der Waals surface area contributed by atoms with Gasteiger partial charge in [-0.25, -0.2) is 8.42 Å². The fraction of sp³-hybridized carbons (Fsp3) is 0. The van der Waals surface area contributed by atoms with Gasteiger partial charge in [-0.1, -0.05) is 60.7 Å². The van der Waals surface area contributed by atoms with Crippen molar-refractivity contribution in [2.75, 3.05) is 21.3 Å². The van der Waals surface area contributed by atoms with E-state index in [0.29, 0.717) is 11.4 Å². The molecule has 0 aliphatic carbocycles. The molecule has 2 heterocycles. The van der Waals surface area contributed by atoms with Gasteiger partial charge in [0.2, 0.25) is 34.4 Å². The molecule has 266 valence electrons. The van der Waals surface area contributed by atoms with Gasteiger partial charge in [-0.05, 0) is 82.9 Å². The van der Waals surface area contributed by atoms with E-state index in [4.69, 9.17) is 23.2 Å². The number of para-hydroxylation sites is 2. The molecule has 0 atom stereocenters. The molecule has 0 aliphatic rings. The Hall–Kier alpha value is -4.12. The van der Waals surface area contributed by atoms with Crippen LogP contribution in [-0.2, 0) is 20.2 Å². The molecule has 0 aliphatic heterocycles. The van der Waals surface area contributed by atoms with Gasteiger partial charge in [-0.2, -0.15) is 38.3 Å². The number of benzene rings is 4. The number of halogens is 2. The summed E-state index contributed by atoms with van der Waals surface area (Å²) in [7, 11) is -9.89. The molecule has 0 radical (unpaired) electrons. The van der Waals surface area contributed by atoms with Crippen molar-refractivity contribution in [1.82, 2.24) is 29.9 Å². The third-order valence-corrected chi connectivity index (χ3v) is 8.94. The number of anilines is 8. The van der Waals surface area contributed by atoms with Gasteiger partial charge in [-0.15, -0.1) is 0 Å². The van der Waals surface area contributed by atoms with Crippen LogP contribution in [0, 0.1) is 0 Å². The van der Waals surface area contributed by atoms with Crippen LogP contribution in [0.1, 0.15) is 12.6 Å². The summed E-state index contributed by atoms with van der Waals surface area (Å²) < 4.78 is 71.8. The zero-order valence-electron chi connectivity index (χ0n) is 27.1. The monoisotopic (exact) mass is 818 g/mol. The molecule has 6 aromatic rings. The molecule has 6 rings (SSSR count). The van der Waals surface area contributed by atoms with Crippen LogP contribution in [-0.4, -0.2) is 107 Å². The fourth-order valence-electron chi connectivity index (χ4n) is 4.60. The van der Waals surface area contributed by atoms with E-state index in [2.05, 4.69) is 51.2 Å². The first-order valence-corrected chi connectivity index (χ1v) is 18.3. The molecule has 0 fully saturated rings. The summed E-state index contributed by atoms with van der Waals surface area (Å²) in [6.07, 6.45) is 2.43. The maximum atomic E-state index is 12.4. The van der Waals surface area contributed by atoms with Gasteiger partial charge in [0.1, 0.15) is 15.0 Å². The van der Waals surface area contributed by atoms with Crippen LogP contribution < -0.4 is 21.3 Å². The Kier molecular flexibility index (Phi) is 13.1. The molecule has 0 spiro atoms. The zero-order valence-corrected chi connectivity index (χ0v) is 29.3. The molecule has 53 heavy (non-hydrogen) atoms. The topological polar surface area (TPSA) is 237 Å². The van der Waals surface area contributed by atoms with E-state index in [-0.39, 0.29) is 110 Å². The van der Waals surface area contributed by atoms with Crippen molar-refractivity contribution in [3.63, 3.8) is 0 Å². The average molecular weight is 820 g/mol. The van der Waals surface area contributed by atoms with Crippen LogP contribution in [0.25, 0.3) is 12.2 Å². The Labute approximate surface area is 357 Å². The van der Waals surface area contributed by atoms with Gasteiger partial charge in [0.05, 0.1) is 4.90 Å². The summed E-state index contributed by atoms with van der Waals surface area (Å²) in [5, 5.41) is 11.2. The van der Waals surface area contributed by atoms with E-state index in [1.807, 2.05) is 12.1 Å². The van der Waals surface area contributed by atoms with Crippen LogP contribution in [0.5, 0.6) is 0 Å². The van der Waals surface area contributed by atoms with Gasteiger partial charge in [0, 0.05) is 22.7 Å². The van der Waals surface area contributed by atoms with Crippen LogP contribution in [0.15, 0.2) is 107 Å². The van der Waals surface area contributed by atoms with Crippen molar-refractivity contribution in [2.24, 2.45) is 0 Å². The van der Waals surface area contributed by atoms with E-state index in [9.17, 15) is 25.9 Å². The van der Waals surface area contributed by atoms with Crippen molar-refractivity contribution in [2.45, 2.75) is 9.79 Å². The minimum absolute atomic E-state index is 0. The van der Waals surface area contributed by atoms with Crippen molar-refractivity contribution in [3.05, 3.63) is 119 Å². The molecule has 0 amide bonds. The van der Waals surface area contributed by atoms with Gasteiger partial charge < -0.3 is 25.8 Å². The van der Waals surface area contributed by atoms with E-state index in [1.165, 1.54) is 36.4 Å². The van der Waals surface area contributed by atoms with Gasteiger partial charge in [0.15, 0.2) is 0 Å². The van der Waals surface area contributed by atoms with Crippen LogP contribution in [0.2, 0.25) is 10.6 Å². The molecule has 0 bridgehead atoms. The normalized spacial score (nSPS) is 11.5. The molecule has 2 aromatic heterocycles. The second-order valence-corrected chi connectivity index (χ2v) is 13.9. The number of nitrogens with one attached hydrogen (secondary N) is 4. The van der Waals surface area contributed by atoms with Crippen LogP contribution >= 0.6 is 23.2 Å². The summed E-state index contributed by atoms with van der Waals surface area (Å²) in [5.74, 6) is 0.119. The molecule has 0 saturated heterocycles. The summed E-state index contributed by atoms with van der Waals surface area (Å²) in [6.45, 7) is 0. The number of rotatable bonds is 12. The zero-order chi connectivity index (χ0) is 36.9. The van der Waals surface area contributed by atoms with Gasteiger partial charge >= 0.3 is 52.8 Å². The number of hydrogen-bond acceptors (Lipinski definition) is 15. The van der Waals surface area contributed by atoms with Crippen molar-refractivity contribution in [1.29, 1.82) is 0 Å². The quantitative estimate of drug-likeness (QED) is 0.0531. The molecule has 0 saturated carbocycles. The second-order valence-electron chi connectivity index (χ2n) is 10.5. The standard InChI is InChI=1S/C32H24Cl2N10O6S2.K.H/c33-27-39-29(35-21-7-3-1-4-8-21)43-31(41-27)37-23-15-13-19(25(17-23)51(45,46)47)11-12-20-14-16-24(18-26(20)52(48,49)50)38-32-42-28(34)40-30(44-32)36-22-9-5-2-6-10-22;;/h1-18H,(H,45,46,47)(H,48,49,50)(H2,35,37,39,41,43)(H2,36,38,40,42,44);;. The molecule has 4 aromatic carbocycles. The fourth-order valence-corrected chi connectivity index (χ4v) is 6.33. The third kappa shape index (κ3) is 11.2. The Morgan fingerprint density at radius 1 is 0.547 bits per heavy atom. The van der Waals surface area contributed by atoms with Crippen molar-refractivity contribution >= 4 is 154 Å². The van der Waals surface area contributed by atoms with Crippen molar-refractivity contribution in [3.8, 4) is 0 Å². The Balaban J connectivity index is 0.00000325. The molecule has 0 unspecified atom stereocenters. The second kappa shape index (κ2) is 17.3. The summed E-state index contributed by atoms with van der Waals surface area (Å²) in [4.78, 5) is 23.3. The Bertz CT molecular complexity index is 2360. The van der Waals surface area contributed by atoms with E-state index in [0.717, 1.165) is 12.1 Å². The Morgan fingerprint density at radius 3 is 1.28 bits per heavy atom. The van der Waals surface area contributed by atoms with E-state index < -0.39 is 30.0 Å². The predicted molar refractivity (Wildman–Crippen MR) is 204 cm³/mol. The molecule has 21 heteroatoms. The van der Waals surface area contributed by atoms with E-state index in [1.54, 1.807) is 48.5 Å². The first-order chi connectivity index (χ1) is 24.8. The molecular formula is C32H25Cl2KN10O6S2. The van der Waals surface area contributed by atoms with Gasteiger partial charge in [-0.3, -0.25) is 4.55 Å². The average Bonchev–Trinajstić information content (AvgIpc) is 3.07. The SMILES string of the molecule is O=S(=O)([O-])c1cc(Nc2nc(Cl)nc(Nc3ccccc3)n2)ccc1C=Cc1ccc(Nc2nc(Cl)nc(Nc3ccccc3)n2)cc1S(=O)(=O)O.[H+].[KH]. The summed E-state index contributed by atoms with van der Waals surface area (Å²) >= 11 is 12.1. The van der Waals surface area contributed by atoms with Crippen molar-refractivity contribution < 1.29 is 27.4 Å². The molecule has 5 N–H and O–H groups in total. The number of nitrogens with zero attached hydrogens (tertiary/aromatic N) is 6. The third-order valence-electron chi connectivity index (χ3n) is 6.81. The number of aromatic nitrogens is 6. The first-order valence-electron chi connectivity index (χ1n) is 14.7. The predicted octanol–water partition coefficient (Wildman–Crippen LogP) is 6.12. The van der Waals surface area contributed by atoms with Crippen LogP contribution in [0.4, 0.5) is 46.5 Å². The summed E-state index contributed by atoms with van der Waals surface area (Å²) in [5.41, 5.74) is 1.50. The Morgan fingerprint density at radius 2 is 0.906 bits per heavy atom. The summed E-state index contributed by atoms with van der Waals surface area (Å²) in [6, 6.07) is 25.7. The maximum absolute atomic E-state index is 12.4. The molecular weight excluding hydrogens is 795 g/mol. The minimum atomic E-state index is -5.06. The van der Waals surface area contributed by atoms with Crippen LogP contribution in [0.3, 0.4) is 0 Å². The van der Waals surface area contributed by atoms with Gasteiger partial charge in [0.25, 0.3) is 10.1 Å². The number of hydrogen-bond donors (Lipinski definition) is 5. The first kappa shape index (κ1) is 40.1.